The van der Waals surface area contributed by atoms with Gasteiger partial charge in [0.1, 0.15) is 6.10 Å². The largest absolute Gasteiger partial charge is 0.461 e. The van der Waals surface area contributed by atoms with Crippen molar-refractivity contribution in [3.05, 3.63) is 0 Å². The van der Waals surface area contributed by atoms with Gasteiger partial charge in [-0.2, -0.15) is 0 Å². The van der Waals surface area contributed by atoms with Crippen LogP contribution in [0, 0.1) is 11.3 Å². The van der Waals surface area contributed by atoms with Crippen LogP contribution in [0.5, 0.6) is 0 Å². The highest BCUT2D eigenvalue weighted by atomic mass is 16.7. The minimum atomic E-state index is -0.0580. The van der Waals surface area contributed by atoms with Crippen molar-refractivity contribution in [2.75, 3.05) is 13.2 Å². The first-order valence-electron chi connectivity index (χ1n) is 6.89. The van der Waals surface area contributed by atoms with E-state index in [4.69, 9.17) is 14.2 Å². The van der Waals surface area contributed by atoms with Crippen molar-refractivity contribution >= 4 is 5.97 Å². The molecule has 2 unspecified atom stereocenters. The molecule has 0 radical (unpaired) electrons. The molecule has 0 aromatic heterocycles. The maximum atomic E-state index is 10.8. The Bertz CT molecular complexity index is 286. The molecule has 0 amide bonds. The van der Waals surface area contributed by atoms with E-state index in [1.807, 2.05) is 0 Å². The molecular formula is C14H24O4. The van der Waals surface area contributed by atoms with Gasteiger partial charge in [0, 0.05) is 0 Å². The molecule has 2 aliphatic rings. The van der Waals surface area contributed by atoms with Crippen molar-refractivity contribution in [1.82, 2.24) is 0 Å². The Morgan fingerprint density at radius 3 is 2.50 bits per heavy atom. The first-order valence-corrected chi connectivity index (χ1v) is 6.89. The second-order valence-electron chi connectivity index (χ2n) is 6.29. The monoisotopic (exact) mass is 256 g/mol. The second kappa shape index (κ2) is 5.57. The first kappa shape index (κ1) is 13.8. The van der Waals surface area contributed by atoms with Gasteiger partial charge in [0.25, 0.3) is 0 Å². The lowest BCUT2D eigenvalue weighted by Crippen LogP contribution is -2.39. The molecule has 2 saturated heterocycles. The van der Waals surface area contributed by atoms with E-state index in [2.05, 4.69) is 20.8 Å². The van der Waals surface area contributed by atoms with Crippen molar-refractivity contribution in [3.8, 4) is 0 Å². The zero-order chi connectivity index (χ0) is 13.2. The van der Waals surface area contributed by atoms with E-state index in [1.165, 1.54) is 0 Å². The maximum absolute atomic E-state index is 10.8. The summed E-state index contributed by atoms with van der Waals surface area (Å²) in [4.78, 5) is 10.8. The number of hydrogen-bond donors (Lipinski definition) is 0. The van der Waals surface area contributed by atoms with Crippen LogP contribution >= 0.6 is 0 Å². The molecular weight excluding hydrogens is 232 g/mol. The molecule has 18 heavy (non-hydrogen) atoms. The molecule has 0 aromatic carbocycles. The summed E-state index contributed by atoms with van der Waals surface area (Å²) in [5, 5.41) is 0. The predicted octanol–water partition coefficient (Wildman–Crippen LogP) is 2.51. The van der Waals surface area contributed by atoms with Gasteiger partial charge in [0.2, 0.25) is 0 Å². The number of carbonyl (C=O) groups excluding carboxylic acids is 1. The van der Waals surface area contributed by atoms with Crippen molar-refractivity contribution < 1.29 is 19.0 Å². The lowest BCUT2D eigenvalue weighted by atomic mass is 9.77. The van der Waals surface area contributed by atoms with Crippen LogP contribution in [0.15, 0.2) is 0 Å². The van der Waals surface area contributed by atoms with Crippen LogP contribution in [0.1, 0.15) is 46.5 Å². The fourth-order valence-corrected chi connectivity index (χ4v) is 2.83. The smallest absolute Gasteiger partial charge is 0.309 e. The van der Waals surface area contributed by atoms with Gasteiger partial charge in [-0.15, -0.1) is 0 Å². The third-order valence-electron chi connectivity index (χ3n) is 3.91. The Balaban J connectivity index is 1.70. The fourth-order valence-electron chi connectivity index (χ4n) is 2.83. The zero-order valence-corrected chi connectivity index (χ0v) is 11.6. The van der Waals surface area contributed by atoms with E-state index in [0.29, 0.717) is 12.3 Å². The standard InChI is InChI=1S/C14H24O4/c1-10(11-8-12(15)18-11)9-14(2,3)5-4-13-16-6-7-17-13/h10-11,13H,4-9H2,1-3H3. The summed E-state index contributed by atoms with van der Waals surface area (Å²) >= 11 is 0. The van der Waals surface area contributed by atoms with Gasteiger partial charge in [0.05, 0.1) is 19.6 Å². The van der Waals surface area contributed by atoms with Crippen LogP contribution < -0.4 is 0 Å². The van der Waals surface area contributed by atoms with E-state index in [1.54, 1.807) is 0 Å². The highest BCUT2D eigenvalue weighted by Crippen LogP contribution is 2.36. The van der Waals surface area contributed by atoms with Crippen LogP contribution in [-0.4, -0.2) is 31.6 Å². The molecule has 104 valence electrons. The Morgan fingerprint density at radius 1 is 1.33 bits per heavy atom. The van der Waals surface area contributed by atoms with Crippen molar-refractivity contribution in [1.29, 1.82) is 0 Å². The molecule has 0 saturated carbocycles. The third-order valence-corrected chi connectivity index (χ3v) is 3.91. The third kappa shape index (κ3) is 3.69. The number of hydrogen-bond acceptors (Lipinski definition) is 4. The van der Waals surface area contributed by atoms with E-state index in [9.17, 15) is 4.79 Å². The maximum Gasteiger partial charge on any atom is 0.309 e. The fraction of sp³-hybridized carbons (Fsp3) is 0.929. The van der Waals surface area contributed by atoms with Gasteiger partial charge in [-0.05, 0) is 30.6 Å². The molecule has 2 fully saturated rings. The second-order valence-corrected chi connectivity index (χ2v) is 6.29. The highest BCUT2D eigenvalue weighted by Gasteiger charge is 2.36. The summed E-state index contributed by atoms with van der Waals surface area (Å²) in [6, 6.07) is 0. The quantitative estimate of drug-likeness (QED) is 0.685. The van der Waals surface area contributed by atoms with Crippen LogP contribution in [0.2, 0.25) is 0 Å². The number of carbonyl (C=O) groups is 1. The Labute approximate surface area is 109 Å². The molecule has 2 atom stereocenters. The van der Waals surface area contributed by atoms with Crippen molar-refractivity contribution in [2.45, 2.75) is 58.8 Å². The molecule has 2 heterocycles. The minimum Gasteiger partial charge on any atom is -0.461 e. The molecule has 0 N–H and O–H groups in total. The summed E-state index contributed by atoms with van der Waals surface area (Å²) in [7, 11) is 0. The summed E-state index contributed by atoms with van der Waals surface area (Å²) in [6.45, 7) is 8.14. The number of rotatable bonds is 6. The highest BCUT2D eigenvalue weighted by molar-refractivity contribution is 5.75. The summed E-state index contributed by atoms with van der Waals surface area (Å²) < 4.78 is 16.0. The normalized spacial score (nSPS) is 26.8. The number of ether oxygens (including phenoxy) is 3. The van der Waals surface area contributed by atoms with E-state index >= 15 is 0 Å². The molecule has 0 aromatic rings. The summed E-state index contributed by atoms with van der Waals surface area (Å²) in [6.07, 6.45) is 3.80. The molecule has 0 aliphatic carbocycles. The minimum absolute atomic E-state index is 0.0129. The van der Waals surface area contributed by atoms with Crippen molar-refractivity contribution in [3.63, 3.8) is 0 Å². The topological polar surface area (TPSA) is 44.8 Å². The SMILES string of the molecule is CC(CC(C)(C)CCC1OCCO1)C1CC(=O)O1. The summed E-state index contributed by atoms with van der Waals surface area (Å²) in [5.41, 5.74) is 0.233. The number of cyclic esters (lactones) is 1. The average Bonchev–Trinajstić information content (AvgIpc) is 2.74. The molecule has 4 heteroatoms. The Morgan fingerprint density at radius 2 is 1.94 bits per heavy atom. The Kier molecular flexibility index (Phi) is 4.28. The molecule has 2 aliphatic heterocycles. The van der Waals surface area contributed by atoms with Gasteiger partial charge >= 0.3 is 5.97 Å². The molecule has 0 bridgehead atoms. The van der Waals surface area contributed by atoms with E-state index in [-0.39, 0.29) is 23.8 Å². The van der Waals surface area contributed by atoms with Crippen LogP contribution in [0.4, 0.5) is 0 Å². The van der Waals surface area contributed by atoms with Crippen LogP contribution in [0.3, 0.4) is 0 Å². The first-order chi connectivity index (χ1) is 8.46. The lowest BCUT2D eigenvalue weighted by Gasteiger charge is -2.36. The molecule has 0 spiro atoms. The van der Waals surface area contributed by atoms with E-state index in [0.717, 1.165) is 32.5 Å². The zero-order valence-electron chi connectivity index (χ0n) is 11.6. The van der Waals surface area contributed by atoms with Gasteiger partial charge in [-0.25, -0.2) is 0 Å². The van der Waals surface area contributed by atoms with E-state index < -0.39 is 0 Å². The lowest BCUT2D eigenvalue weighted by molar-refractivity contribution is -0.175. The van der Waals surface area contributed by atoms with Gasteiger partial charge in [0.15, 0.2) is 6.29 Å². The van der Waals surface area contributed by atoms with Crippen LogP contribution in [0.25, 0.3) is 0 Å². The molecule has 2 rings (SSSR count). The average molecular weight is 256 g/mol. The summed E-state index contributed by atoms with van der Waals surface area (Å²) in [5.74, 6) is 0.375. The van der Waals surface area contributed by atoms with Gasteiger partial charge in [-0.1, -0.05) is 20.8 Å². The van der Waals surface area contributed by atoms with Gasteiger partial charge in [-0.3, -0.25) is 4.79 Å². The Hall–Kier alpha value is -0.610. The van der Waals surface area contributed by atoms with Crippen molar-refractivity contribution in [2.24, 2.45) is 11.3 Å². The van der Waals surface area contributed by atoms with Gasteiger partial charge < -0.3 is 14.2 Å². The predicted molar refractivity (Wildman–Crippen MR) is 67.0 cm³/mol. The molecule has 4 nitrogen and oxygen atoms in total. The van der Waals surface area contributed by atoms with Crippen LogP contribution in [-0.2, 0) is 19.0 Å². The number of esters is 1.